The highest BCUT2D eigenvalue weighted by Crippen LogP contribution is 2.37. The van der Waals surface area contributed by atoms with Gasteiger partial charge in [0.1, 0.15) is 5.00 Å². The Balaban J connectivity index is 1.63. The summed E-state index contributed by atoms with van der Waals surface area (Å²) in [7, 11) is -3.41. The fourth-order valence-electron chi connectivity index (χ4n) is 3.45. The highest BCUT2D eigenvalue weighted by molar-refractivity contribution is 7.91. The van der Waals surface area contributed by atoms with Crippen molar-refractivity contribution in [3.05, 3.63) is 46.3 Å². The molecule has 0 saturated carbocycles. The molecule has 0 unspecified atom stereocenters. The first kappa shape index (κ1) is 20.5. The van der Waals surface area contributed by atoms with E-state index >= 15 is 0 Å². The third-order valence-corrected chi connectivity index (χ3v) is 7.86. The Kier molecular flexibility index (Phi) is 6.51. The van der Waals surface area contributed by atoms with Crippen LogP contribution in [0.1, 0.15) is 52.9 Å². The van der Waals surface area contributed by atoms with Gasteiger partial charge in [0.05, 0.1) is 16.2 Å². The summed E-state index contributed by atoms with van der Waals surface area (Å²) in [5, 5.41) is 3.28. The number of benzene rings is 1. The maximum absolute atomic E-state index is 12.3. The van der Waals surface area contributed by atoms with E-state index < -0.39 is 15.7 Å². The van der Waals surface area contributed by atoms with Crippen molar-refractivity contribution >= 4 is 38.0 Å². The van der Waals surface area contributed by atoms with Crippen molar-refractivity contribution in [3.8, 4) is 0 Å². The Bertz CT molecular complexity index is 966. The van der Waals surface area contributed by atoms with E-state index in [1.165, 1.54) is 11.3 Å². The van der Waals surface area contributed by atoms with Crippen molar-refractivity contribution in [3.63, 3.8) is 0 Å². The van der Waals surface area contributed by atoms with Crippen LogP contribution in [0.4, 0.5) is 5.00 Å². The Morgan fingerprint density at radius 1 is 1.07 bits per heavy atom. The first-order valence-electron chi connectivity index (χ1n) is 9.40. The SMILES string of the molecule is NC(=O)c1c(NC(=O)CCCS(=O)(=O)c2ccccc2)sc2c1CCCCC2. The van der Waals surface area contributed by atoms with Gasteiger partial charge < -0.3 is 11.1 Å². The molecule has 6 nitrogen and oxygen atoms in total. The van der Waals surface area contributed by atoms with Gasteiger partial charge in [0, 0.05) is 11.3 Å². The van der Waals surface area contributed by atoms with E-state index in [-0.39, 0.29) is 29.4 Å². The number of nitrogens with two attached hydrogens (primary N) is 1. The minimum Gasteiger partial charge on any atom is -0.365 e. The first-order valence-corrected chi connectivity index (χ1v) is 11.9. The molecule has 1 aliphatic rings. The maximum atomic E-state index is 12.3. The number of nitrogens with one attached hydrogen (secondary N) is 1. The summed E-state index contributed by atoms with van der Waals surface area (Å²) in [4.78, 5) is 25.7. The molecule has 0 saturated heterocycles. The molecule has 0 spiro atoms. The van der Waals surface area contributed by atoms with Crippen molar-refractivity contribution in [2.45, 2.75) is 49.8 Å². The third-order valence-electron chi connectivity index (χ3n) is 4.84. The van der Waals surface area contributed by atoms with Gasteiger partial charge in [-0.15, -0.1) is 11.3 Å². The Labute approximate surface area is 169 Å². The number of aryl methyl sites for hydroxylation is 1. The number of fused-ring (bicyclic) bond motifs is 1. The molecule has 0 radical (unpaired) electrons. The number of amides is 2. The predicted molar refractivity (Wildman–Crippen MR) is 110 cm³/mol. The normalized spacial score (nSPS) is 14.1. The third kappa shape index (κ3) is 4.80. The molecule has 3 rings (SSSR count). The molecule has 8 heteroatoms. The molecule has 1 heterocycles. The van der Waals surface area contributed by atoms with E-state index in [1.807, 2.05) is 0 Å². The van der Waals surface area contributed by atoms with Crippen molar-refractivity contribution in [1.82, 2.24) is 0 Å². The zero-order chi connectivity index (χ0) is 20.1. The van der Waals surface area contributed by atoms with Gasteiger partial charge in [0.2, 0.25) is 5.91 Å². The molecule has 3 N–H and O–H groups in total. The number of thiophene rings is 1. The lowest BCUT2D eigenvalue weighted by Crippen LogP contribution is -2.18. The highest BCUT2D eigenvalue weighted by atomic mass is 32.2. The number of hydrogen-bond acceptors (Lipinski definition) is 5. The standard InChI is InChI=1S/C20H24N2O4S2/c21-19(24)18-15-10-5-2-6-11-16(15)27-20(18)22-17(23)12-7-13-28(25,26)14-8-3-1-4-9-14/h1,3-4,8-9H,2,5-7,10-13H2,(H2,21,24)(H,22,23). The fourth-order valence-corrected chi connectivity index (χ4v) is 6.09. The largest absolute Gasteiger partial charge is 0.365 e. The lowest BCUT2D eigenvalue weighted by atomic mass is 10.1. The molecule has 0 fully saturated rings. The van der Waals surface area contributed by atoms with Gasteiger partial charge in [0.15, 0.2) is 9.84 Å². The smallest absolute Gasteiger partial charge is 0.251 e. The van der Waals surface area contributed by atoms with Gasteiger partial charge in [-0.3, -0.25) is 9.59 Å². The average Bonchev–Trinajstić information content (AvgIpc) is 2.83. The van der Waals surface area contributed by atoms with Crippen LogP contribution in [-0.4, -0.2) is 26.0 Å². The van der Waals surface area contributed by atoms with Crippen LogP contribution in [0.15, 0.2) is 35.2 Å². The van der Waals surface area contributed by atoms with Gasteiger partial charge in [0.25, 0.3) is 5.91 Å². The summed E-state index contributed by atoms with van der Waals surface area (Å²) in [6.45, 7) is 0. The molecule has 1 aliphatic carbocycles. The second kappa shape index (κ2) is 8.87. The molecular weight excluding hydrogens is 396 g/mol. The van der Waals surface area contributed by atoms with Crippen LogP contribution in [0.2, 0.25) is 0 Å². The van der Waals surface area contributed by atoms with Crippen LogP contribution >= 0.6 is 11.3 Å². The van der Waals surface area contributed by atoms with E-state index in [0.717, 1.165) is 42.5 Å². The van der Waals surface area contributed by atoms with E-state index in [1.54, 1.807) is 30.3 Å². The zero-order valence-corrected chi connectivity index (χ0v) is 17.2. The molecule has 0 atom stereocenters. The maximum Gasteiger partial charge on any atom is 0.251 e. The highest BCUT2D eigenvalue weighted by Gasteiger charge is 2.24. The number of primary amides is 1. The fraction of sp³-hybridized carbons (Fsp3) is 0.400. The Morgan fingerprint density at radius 2 is 1.79 bits per heavy atom. The molecular formula is C20H24N2O4S2. The van der Waals surface area contributed by atoms with Crippen LogP contribution in [0.5, 0.6) is 0 Å². The number of carbonyl (C=O) groups is 2. The summed E-state index contributed by atoms with van der Waals surface area (Å²) in [5.41, 5.74) is 6.96. The van der Waals surface area contributed by atoms with E-state index in [4.69, 9.17) is 5.73 Å². The summed E-state index contributed by atoms with van der Waals surface area (Å²) in [6, 6.07) is 8.20. The van der Waals surface area contributed by atoms with Crippen molar-refractivity contribution in [1.29, 1.82) is 0 Å². The topological polar surface area (TPSA) is 106 Å². The van der Waals surface area contributed by atoms with Crippen LogP contribution in [0.3, 0.4) is 0 Å². The van der Waals surface area contributed by atoms with E-state index in [0.29, 0.717) is 10.6 Å². The summed E-state index contributed by atoms with van der Waals surface area (Å²) in [6.07, 6.45) is 5.16. The minimum absolute atomic E-state index is 0.0623. The minimum atomic E-state index is -3.41. The Hall–Kier alpha value is -2.19. The quantitative estimate of drug-likeness (QED) is 0.670. The second-order valence-corrected chi connectivity index (χ2v) is 10.1. The number of hydrogen-bond donors (Lipinski definition) is 2. The lowest BCUT2D eigenvalue weighted by molar-refractivity contribution is -0.116. The predicted octanol–water partition coefficient (Wildman–Crippen LogP) is 3.31. The van der Waals surface area contributed by atoms with Crippen LogP contribution in [0, 0.1) is 0 Å². The van der Waals surface area contributed by atoms with Crippen LogP contribution in [-0.2, 0) is 27.5 Å². The second-order valence-electron chi connectivity index (χ2n) is 6.92. The summed E-state index contributed by atoms with van der Waals surface area (Å²) in [5.74, 6) is -0.933. The molecule has 1 aromatic heterocycles. The van der Waals surface area contributed by atoms with Gasteiger partial charge >= 0.3 is 0 Å². The van der Waals surface area contributed by atoms with Crippen molar-refractivity contribution in [2.75, 3.05) is 11.1 Å². The van der Waals surface area contributed by atoms with Crippen LogP contribution < -0.4 is 11.1 Å². The molecule has 28 heavy (non-hydrogen) atoms. The summed E-state index contributed by atoms with van der Waals surface area (Å²) >= 11 is 1.42. The molecule has 150 valence electrons. The monoisotopic (exact) mass is 420 g/mol. The molecule has 2 amide bonds. The number of carbonyl (C=O) groups excluding carboxylic acids is 2. The van der Waals surface area contributed by atoms with Gasteiger partial charge in [-0.1, -0.05) is 24.6 Å². The number of sulfone groups is 1. The molecule has 0 bridgehead atoms. The van der Waals surface area contributed by atoms with E-state index in [2.05, 4.69) is 5.32 Å². The van der Waals surface area contributed by atoms with Crippen molar-refractivity contribution in [2.24, 2.45) is 5.73 Å². The number of anilines is 1. The molecule has 2 aromatic rings. The van der Waals surface area contributed by atoms with E-state index in [9.17, 15) is 18.0 Å². The molecule has 0 aliphatic heterocycles. The average molecular weight is 421 g/mol. The zero-order valence-electron chi connectivity index (χ0n) is 15.6. The molecule has 1 aromatic carbocycles. The summed E-state index contributed by atoms with van der Waals surface area (Å²) < 4.78 is 24.6. The van der Waals surface area contributed by atoms with Gasteiger partial charge in [-0.05, 0) is 49.8 Å². The number of rotatable bonds is 7. The van der Waals surface area contributed by atoms with Crippen molar-refractivity contribution < 1.29 is 18.0 Å². The Morgan fingerprint density at radius 3 is 2.50 bits per heavy atom. The first-order chi connectivity index (χ1) is 13.4. The lowest BCUT2D eigenvalue weighted by Gasteiger charge is -2.07. The van der Waals surface area contributed by atoms with Gasteiger partial charge in [-0.25, -0.2) is 8.42 Å². The van der Waals surface area contributed by atoms with Gasteiger partial charge in [-0.2, -0.15) is 0 Å². The van der Waals surface area contributed by atoms with Crippen LogP contribution in [0.25, 0.3) is 0 Å².